The van der Waals surface area contributed by atoms with Gasteiger partial charge in [-0.15, -0.1) is 5.69 Å². The van der Waals surface area contributed by atoms with E-state index in [1.165, 1.54) is 60.6 Å². The van der Waals surface area contributed by atoms with E-state index in [1.54, 1.807) is 0 Å². The maximum atomic E-state index is 13.1. The second-order valence-electron chi connectivity index (χ2n) is 8.94. The zero-order valence-electron chi connectivity index (χ0n) is 22.0. The van der Waals surface area contributed by atoms with Gasteiger partial charge in [-0.2, -0.15) is 4.31 Å². The number of benzene rings is 2. The number of halogens is 1. The van der Waals surface area contributed by atoms with Gasteiger partial charge in [0.25, 0.3) is 10.0 Å². The first-order chi connectivity index (χ1) is 17.8. The molecular weight excluding hydrogens is 579 g/mol. The molecule has 0 aliphatic carbocycles. The monoisotopic (exact) mass is 604 g/mol. The molecule has 3 aromatic rings. The van der Waals surface area contributed by atoms with E-state index in [0.717, 1.165) is 0 Å². The zero-order chi connectivity index (χ0) is 27.8. The Morgan fingerprint density at radius 2 is 1.67 bits per heavy atom. The number of aryl methyl sites for hydroxylation is 2. The molecule has 2 heterocycles. The van der Waals surface area contributed by atoms with Crippen molar-refractivity contribution < 1.29 is 60.4 Å². The van der Waals surface area contributed by atoms with Crippen LogP contribution in [0, 0.1) is 13.8 Å². The van der Waals surface area contributed by atoms with Crippen molar-refractivity contribution in [3.05, 3.63) is 69.8 Å². The minimum absolute atomic E-state index is 0. The molecule has 11 nitrogen and oxygen atoms in total. The predicted octanol–water partition coefficient (Wildman–Crippen LogP) is 1.39. The van der Waals surface area contributed by atoms with Crippen molar-refractivity contribution in [1.29, 1.82) is 0 Å². The summed E-state index contributed by atoms with van der Waals surface area (Å²) in [6, 6.07) is 9.60. The Labute approximate surface area is 254 Å². The number of ether oxygens (including phenoxy) is 1. The van der Waals surface area contributed by atoms with Crippen LogP contribution in [0.1, 0.15) is 35.7 Å². The summed E-state index contributed by atoms with van der Waals surface area (Å²) < 4.78 is 66.4. The average Bonchev–Trinajstić information content (AvgIpc) is 3.18. The van der Waals surface area contributed by atoms with Gasteiger partial charge in [0.05, 0.1) is 28.7 Å². The van der Waals surface area contributed by atoms with Crippen molar-refractivity contribution in [2.24, 2.45) is 0 Å². The maximum Gasteiger partial charge on any atom is 1.00 e. The van der Waals surface area contributed by atoms with E-state index in [-0.39, 0.29) is 98.1 Å². The molecule has 1 N–H and O–H groups in total. The fourth-order valence-corrected chi connectivity index (χ4v) is 7.36. The molecule has 204 valence electrons. The largest absolute Gasteiger partial charge is 1.00 e. The molecular formula is C24H26ClN4NaO7S2. The van der Waals surface area contributed by atoms with E-state index >= 15 is 0 Å². The molecule has 0 spiro atoms. The quantitative estimate of drug-likeness (QED) is 0.398. The van der Waals surface area contributed by atoms with Gasteiger partial charge < -0.3 is 19.4 Å². The van der Waals surface area contributed by atoms with Crippen molar-refractivity contribution in [3.8, 4) is 0 Å². The summed E-state index contributed by atoms with van der Waals surface area (Å²) >= 11 is 6.07. The molecule has 1 amide bonds. The number of amides is 1. The number of morpholine rings is 1. The summed E-state index contributed by atoms with van der Waals surface area (Å²) in [6.07, 6.45) is -0.468. The van der Waals surface area contributed by atoms with Gasteiger partial charge in [-0.1, -0.05) is 28.9 Å². The van der Waals surface area contributed by atoms with Crippen LogP contribution in [0.15, 0.2) is 56.8 Å². The van der Waals surface area contributed by atoms with Gasteiger partial charge >= 0.3 is 29.6 Å². The summed E-state index contributed by atoms with van der Waals surface area (Å²) in [6.45, 7) is 7.03. The Morgan fingerprint density at radius 3 is 2.23 bits per heavy atom. The first kappa shape index (κ1) is 31.6. The summed E-state index contributed by atoms with van der Waals surface area (Å²) in [5.74, 6) is -0.687. The Kier molecular flexibility index (Phi) is 9.93. The van der Waals surface area contributed by atoms with Crippen molar-refractivity contribution in [2.45, 2.75) is 49.7 Å². The number of hydrogen-bond donors (Lipinski definition) is 1. The molecule has 1 aromatic heterocycles. The molecule has 2 aromatic carbocycles. The summed E-state index contributed by atoms with van der Waals surface area (Å²) in [4.78, 5) is 13.0. The topological polar surface area (TPSA) is 150 Å². The van der Waals surface area contributed by atoms with Crippen molar-refractivity contribution in [1.82, 2.24) is 9.46 Å². The molecule has 0 unspecified atom stereocenters. The first-order valence-corrected chi connectivity index (χ1v) is 14.8. The van der Waals surface area contributed by atoms with E-state index in [1.807, 2.05) is 13.8 Å². The number of carbonyl (C=O) groups excluding carboxylic acids is 1. The molecule has 0 bridgehead atoms. The average molecular weight is 605 g/mol. The van der Waals surface area contributed by atoms with E-state index in [2.05, 4.69) is 15.2 Å². The van der Waals surface area contributed by atoms with Gasteiger partial charge in [0.15, 0.2) is 10.7 Å². The molecule has 1 fully saturated rings. The van der Waals surface area contributed by atoms with Gasteiger partial charge in [0.1, 0.15) is 5.69 Å². The van der Waals surface area contributed by atoms with Crippen LogP contribution < -0.4 is 34.3 Å². The Morgan fingerprint density at radius 1 is 1.05 bits per heavy atom. The van der Waals surface area contributed by atoms with E-state index < -0.39 is 26.0 Å². The van der Waals surface area contributed by atoms with Crippen LogP contribution in [-0.4, -0.2) is 57.5 Å². The molecule has 1 saturated heterocycles. The fraction of sp³-hybridized carbons (Fsp3) is 0.333. The van der Waals surface area contributed by atoms with Crippen LogP contribution in [0.3, 0.4) is 0 Å². The number of nitrogens with zero attached hydrogens (tertiary/aromatic N) is 3. The molecule has 39 heavy (non-hydrogen) atoms. The van der Waals surface area contributed by atoms with Crippen LogP contribution in [0.25, 0.3) is 5.32 Å². The molecule has 0 radical (unpaired) electrons. The van der Waals surface area contributed by atoms with E-state index in [9.17, 15) is 21.6 Å². The standard InChI is InChI=1S/C24H27ClN4O7S2.Na/c1-14-12-29(13-15(2)35-14)38(33,34)20-8-6-19(7-9-20)26-24(30)21-11-18(25)5-10-22(21)28-37(31,32)23-16(3)27-36-17(23)4;/h5-11,14-15H,12-13H2,1-4H3,(H2,26,28,30);/q;+1/p-1/t14-,15+;. The second kappa shape index (κ2) is 12.3. The summed E-state index contributed by atoms with van der Waals surface area (Å²) in [7, 11) is -7.90. The molecule has 4 rings (SSSR count). The Balaban J connectivity index is 0.00000420. The number of anilines is 1. The Hall–Kier alpha value is -1.97. The van der Waals surface area contributed by atoms with Crippen molar-refractivity contribution in [3.63, 3.8) is 0 Å². The van der Waals surface area contributed by atoms with E-state index in [4.69, 9.17) is 20.9 Å². The number of rotatable bonds is 7. The second-order valence-corrected chi connectivity index (χ2v) is 12.9. The first-order valence-electron chi connectivity index (χ1n) is 11.5. The predicted molar refractivity (Wildman–Crippen MR) is 141 cm³/mol. The number of nitrogens with one attached hydrogen (secondary N) is 1. The zero-order valence-corrected chi connectivity index (χ0v) is 26.4. The van der Waals surface area contributed by atoms with Crippen molar-refractivity contribution >= 4 is 48.9 Å². The number of hydrogen-bond acceptors (Lipinski definition) is 8. The molecule has 1 aliphatic rings. The SMILES string of the molecule is Cc1noc(C)c1S(=O)(=O)Nc1ccc(Cl)cc1C(=O)[N-]c1ccc(S(=O)(=O)N2C[C@@H](C)O[C@@H](C)C2)cc1.[Na+]. The van der Waals surface area contributed by atoms with Gasteiger partial charge in [-0.05, 0) is 58.0 Å². The third kappa shape index (κ3) is 7.03. The van der Waals surface area contributed by atoms with Crippen LogP contribution in [0.2, 0.25) is 5.02 Å². The third-order valence-corrected chi connectivity index (χ3v) is 9.47. The maximum absolute atomic E-state index is 13.1. The van der Waals surface area contributed by atoms with Gasteiger partial charge in [-0.3, -0.25) is 4.72 Å². The van der Waals surface area contributed by atoms with Gasteiger partial charge in [0, 0.05) is 23.7 Å². The van der Waals surface area contributed by atoms with Gasteiger partial charge in [0.2, 0.25) is 10.0 Å². The summed E-state index contributed by atoms with van der Waals surface area (Å²) in [5.41, 5.74) is 0.202. The molecule has 0 saturated carbocycles. The van der Waals surface area contributed by atoms with Crippen LogP contribution in [0.4, 0.5) is 11.4 Å². The smallest absolute Gasteiger partial charge is 0.623 e. The van der Waals surface area contributed by atoms with Crippen LogP contribution in [-0.2, 0) is 24.8 Å². The van der Waals surface area contributed by atoms with Gasteiger partial charge in [-0.25, -0.2) is 16.8 Å². The van der Waals surface area contributed by atoms with E-state index in [0.29, 0.717) is 0 Å². The van der Waals surface area contributed by atoms with Crippen LogP contribution >= 0.6 is 11.6 Å². The number of sulfonamides is 2. The molecule has 15 heteroatoms. The molecule has 1 aliphatic heterocycles. The summed E-state index contributed by atoms with van der Waals surface area (Å²) in [5, 5.41) is 7.88. The molecule has 2 atom stereocenters. The number of carbonyl (C=O) groups is 1. The fourth-order valence-electron chi connectivity index (χ4n) is 4.18. The minimum Gasteiger partial charge on any atom is -0.623 e. The third-order valence-electron chi connectivity index (χ3n) is 5.78. The van der Waals surface area contributed by atoms with Crippen LogP contribution in [0.5, 0.6) is 0 Å². The van der Waals surface area contributed by atoms with Crippen molar-refractivity contribution in [2.75, 3.05) is 17.8 Å². The normalized spacial score (nSPS) is 18.3. The minimum atomic E-state index is -4.14. The number of aromatic nitrogens is 1. The Bertz CT molecular complexity index is 1550.